The van der Waals surface area contributed by atoms with E-state index in [0.29, 0.717) is 0 Å². The van der Waals surface area contributed by atoms with Gasteiger partial charge in [0.15, 0.2) is 5.82 Å². The number of aromatic nitrogens is 6. The normalized spacial score (nSPS) is 11.4. The largest absolute Gasteiger partial charge is 0.325 e. The number of nitrogens with zero attached hydrogens (tertiary/aromatic N) is 6. The predicted octanol–water partition coefficient (Wildman–Crippen LogP) is 2.29. The highest BCUT2D eigenvalue weighted by Gasteiger charge is 2.13. The lowest BCUT2D eigenvalue weighted by Gasteiger charge is -2.07. The van der Waals surface area contributed by atoms with E-state index in [-0.39, 0.29) is 0 Å². The SMILES string of the molecule is Cc1c(Cn2ccnc2-c2cnc3ccccn23)cnn1C. The second-order valence-corrected chi connectivity index (χ2v) is 5.33. The average Bonchev–Trinajstić information content (AvgIpc) is 3.22. The first-order chi connectivity index (χ1) is 10.7. The summed E-state index contributed by atoms with van der Waals surface area (Å²) >= 11 is 0. The third-order valence-corrected chi connectivity index (χ3v) is 4.04. The van der Waals surface area contributed by atoms with Crippen molar-refractivity contribution in [2.24, 2.45) is 7.05 Å². The van der Waals surface area contributed by atoms with Crippen molar-refractivity contribution in [3.05, 3.63) is 60.4 Å². The Kier molecular flexibility index (Phi) is 2.82. The molecule has 0 bridgehead atoms. The summed E-state index contributed by atoms with van der Waals surface area (Å²) in [7, 11) is 1.96. The Morgan fingerprint density at radius 2 is 2.00 bits per heavy atom. The van der Waals surface area contributed by atoms with E-state index in [4.69, 9.17) is 0 Å². The summed E-state index contributed by atoms with van der Waals surface area (Å²) in [5, 5.41) is 4.30. The van der Waals surface area contributed by atoms with E-state index >= 15 is 0 Å². The third kappa shape index (κ3) is 1.92. The van der Waals surface area contributed by atoms with Gasteiger partial charge in [-0.05, 0) is 19.1 Å². The number of hydrogen-bond acceptors (Lipinski definition) is 3. The van der Waals surface area contributed by atoms with Crippen LogP contribution in [0.2, 0.25) is 0 Å². The van der Waals surface area contributed by atoms with Gasteiger partial charge in [-0.3, -0.25) is 9.08 Å². The number of imidazole rings is 2. The highest BCUT2D eigenvalue weighted by Crippen LogP contribution is 2.20. The summed E-state index contributed by atoms with van der Waals surface area (Å²) in [5.41, 5.74) is 4.26. The van der Waals surface area contributed by atoms with Gasteiger partial charge in [-0.1, -0.05) is 6.07 Å². The number of fused-ring (bicyclic) bond motifs is 1. The minimum Gasteiger partial charge on any atom is -0.325 e. The molecule has 0 aromatic carbocycles. The van der Waals surface area contributed by atoms with Crippen molar-refractivity contribution in [3.8, 4) is 11.5 Å². The van der Waals surface area contributed by atoms with Crippen LogP contribution < -0.4 is 0 Å². The lowest BCUT2D eigenvalue weighted by atomic mass is 10.2. The molecule has 0 aliphatic rings. The van der Waals surface area contributed by atoms with Crippen LogP contribution in [-0.4, -0.2) is 28.7 Å². The Bertz CT molecular complexity index is 943. The monoisotopic (exact) mass is 292 g/mol. The first kappa shape index (κ1) is 12.8. The first-order valence-electron chi connectivity index (χ1n) is 7.15. The second kappa shape index (κ2) is 4.84. The predicted molar refractivity (Wildman–Crippen MR) is 83.5 cm³/mol. The number of aryl methyl sites for hydroxylation is 1. The minimum atomic E-state index is 0.745. The van der Waals surface area contributed by atoms with Gasteiger partial charge in [0.25, 0.3) is 0 Å². The summed E-state index contributed by atoms with van der Waals surface area (Å²) in [6.07, 6.45) is 9.59. The van der Waals surface area contributed by atoms with Crippen LogP contribution in [0.5, 0.6) is 0 Å². The fourth-order valence-corrected chi connectivity index (χ4v) is 2.65. The Balaban J connectivity index is 1.78. The Labute approximate surface area is 127 Å². The van der Waals surface area contributed by atoms with E-state index in [1.807, 2.05) is 60.9 Å². The molecular formula is C16H16N6. The zero-order chi connectivity index (χ0) is 15.1. The molecule has 22 heavy (non-hydrogen) atoms. The van der Waals surface area contributed by atoms with Crippen LogP contribution in [0.1, 0.15) is 11.3 Å². The van der Waals surface area contributed by atoms with Crippen molar-refractivity contribution in [1.29, 1.82) is 0 Å². The van der Waals surface area contributed by atoms with E-state index in [1.165, 1.54) is 5.56 Å². The molecule has 0 radical (unpaired) electrons. The number of rotatable bonds is 3. The highest BCUT2D eigenvalue weighted by molar-refractivity contribution is 5.57. The van der Waals surface area contributed by atoms with Crippen LogP contribution in [-0.2, 0) is 13.6 Å². The van der Waals surface area contributed by atoms with Gasteiger partial charge in [-0.15, -0.1) is 0 Å². The van der Waals surface area contributed by atoms with E-state index in [2.05, 4.69) is 31.0 Å². The third-order valence-electron chi connectivity index (χ3n) is 4.04. The summed E-state index contributed by atoms with van der Waals surface area (Å²) in [6, 6.07) is 5.97. The van der Waals surface area contributed by atoms with E-state index in [1.54, 1.807) is 0 Å². The standard InChI is InChI=1S/C16H16N6/c1-12-13(9-19-20(12)2)11-21-8-6-17-16(21)14-10-18-15-5-3-4-7-22(14)15/h3-10H,11H2,1-2H3. The summed E-state index contributed by atoms with van der Waals surface area (Å²) < 4.78 is 6.07. The maximum Gasteiger partial charge on any atom is 0.158 e. The van der Waals surface area contributed by atoms with E-state index in [0.717, 1.165) is 29.4 Å². The zero-order valence-corrected chi connectivity index (χ0v) is 12.5. The molecular weight excluding hydrogens is 276 g/mol. The molecule has 0 saturated carbocycles. The smallest absolute Gasteiger partial charge is 0.158 e. The van der Waals surface area contributed by atoms with Crippen molar-refractivity contribution in [1.82, 2.24) is 28.7 Å². The molecule has 4 heterocycles. The summed E-state index contributed by atoms with van der Waals surface area (Å²) in [4.78, 5) is 8.95. The average molecular weight is 292 g/mol. The van der Waals surface area contributed by atoms with Gasteiger partial charge in [0.2, 0.25) is 0 Å². The maximum atomic E-state index is 4.52. The van der Waals surface area contributed by atoms with Crippen LogP contribution >= 0.6 is 0 Å². The fourth-order valence-electron chi connectivity index (χ4n) is 2.65. The van der Waals surface area contributed by atoms with Crippen LogP contribution in [0, 0.1) is 6.92 Å². The first-order valence-corrected chi connectivity index (χ1v) is 7.15. The molecule has 0 atom stereocenters. The molecule has 4 rings (SSSR count). The van der Waals surface area contributed by atoms with Crippen LogP contribution in [0.4, 0.5) is 0 Å². The van der Waals surface area contributed by atoms with Crippen LogP contribution in [0.3, 0.4) is 0 Å². The highest BCUT2D eigenvalue weighted by atomic mass is 15.3. The van der Waals surface area contributed by atoms with Gasteiger partial charge < -0.3 is 4.57 Å². The van der Waals surface area contributed by atoms with Gasteiger partial charge in [0.1, 0.15) is 11.3 Å². The lowest BCUT2D eigenvalue weighted by molar-refractivity contribution is 0.732. The molecule has 0 unspecified atom stereocenters. The summed E-state index contributed by atoms with van der Waals surface area (Å²) in [5.74, 6) is 0.905. The fraction of sp³-hybridized carbons (Fsp3) is 0.188. The summed E-state index contributed by atoms with van der Waals surface area (Å²) in [6.45, 7) is 2.82. The molecule has 0 amide bonds. The van der Waals surface area contributed by atoms with Gasteiger partial charge in [0.05, 0.1) is 18.9 Å². The quantitative estimate of drug-likeness (QED) is 0.582. The Hall–Kier alpha value is -2.89. The molecule has 0 N–H and O–H groups in total. The maximum absolute atomic E-state index is 4.52. The molecule has 4 aromatic heterocycles. The van der Waals surface area contributed by atoms with Gasteiger partial charge in [-0.25, -0.2) is 9.97 Å². The minimum absolute atomic E-state index is 0.745. The van der Waals surface area contributed by atoms with Gasteiger partial charge >= 0.3 is 0 Å². The molecule has 110 valence electrons. The van der Waals surface area contributed by atoms with Crippen LogP contribution in [0.15, 0.2) is 49.2 Å². The van der Waals surface area contributed by atoms with Crippen LogP contribution in [0.25, 0.3) is 17.2 Å². The molecule has 6 heteroatoms. The molecule has 6 nitrogen and oxygen atoms in total. The number of hydrogen-bond donors (Lipinski definition) is 0. The van der Waals surface area contributed by atoms with E-state index in [9.17, 15) is 0 Å². The van der Waals surface area contributed by atoms with Crippen molar-refractivity contribution in [3.63, 3.8) is 0 Å². The second-order valence-electron chi connectivity index (χ2n) is 5.33. The molecule has 0 aliphatic carbocycles. The number of pyridine rings is 1. The Morgan fingerprint density at radius 1 is 1.09 bits per heavy atom. The Morgan fingerprint density at radius 3 is 2.82 bits per heavy atom. The molecule has 0 spiro atoms. The topological polar surface area (TPSA) is 52.9 Å². The van der Waals surface area contributed by atoms with Gasteiger partial charge in [0, 0.05) is 36.9 Å². The van der Waals surface area contributed by atoms with Crippen molar-refractivity contribution in [2.75, 3.05) is 0 Å². The molecule has 0 aliphatic heterocycles. The van der Waals surface area contributed by atoms with Gasteiger partial charge in [-0.2, -0.15) is 5.10 Å². The molecule has 0 fully saturated rings. The molecule has 4 aromatic rings. The van der Waals surface area contributed by atoms with Crippen molar-refractivity contribution >= 4 is 5.65 Å². The lowest BCUT2D eigenvalue weighted by Crippen LogP contribution is -2.04. The van der Waals surface area contributed by atoms with Crippen molar-refractivity contribution in [2.45, 2.75) is 13.5 Å². The van der Waals surface area contributed by atoms with E-state index < -0.39 is 0 Å². The zero-order valence-electron chi connectivity index (χ0n) is 12.5. The molecule has 0 saturated heterocycles. The van der Waals surface area contributed by atoms with Crippen molar-refractivity contribution < 1.29 is 0 Å².